The monoisotopic (exact) mass is 548 g/mol. The third-order valence-electron chi connectivity index (χ3n) is 6.44. The number of cyclic esters (lactones) is 4. The fourth-order valence-corrected chi connectivity index (χ4v) is 4.34. The molecule has 0 unspecified atom stereocenters. The molecule has 2 heterocycles. The molecular weight excluding hydrogens is 532 g/mol. The minimum atomic E-state index is -0.789. The highest BCUT2D eigenvalue weighted by atomic mass is 16.6. The molecule has 0 spiro atoms. The second-order valence-corrected chi connectivity index (χ2v) is 9.12. The summed E-state index contributed by atoms with van der Waals surface area (Å²) in [6.07, 6.45) is 0.520. The molecule has 0 atom stereocenters. The van der Waals surface area contributed by atoms with Crippen molar-refractivity contribution in [3.05, 3.63) is 129 Å². The van der Waals surface area contributed by atoms with Crippen LogP contribution in [0.2, 0.25) is 0 Å². The fraction of sp³-hybridized carbons (Fsp3) is 0.0323. The molecule has 6 rings (SSSR count). The summed E-state index contributed by atoms with van der Waals surface area (Å²) in [6, 6.07) is 21.6. The Morgan fingerprint density at radius 3 is 1.24 bits per heavy atom. The van der Waals surface area contributed by atoms with E-state index in [1.807, 2.05) is 0 Å². The largest absolute Gasteiger partial charge is 0.423 e. The lowest BCUT2D eigenvalue weighted by Gasteiger charge is -2.08. The average Bonchev–Trinajstić information content (AvgIpc) is 3.41. The van der Waals surface area contributed by atoms with Gasteiger partial charge in [0.05, 0.1) is 33.4 Å². The molecule has 0 saturated carbocycles. The van der Waals surface area contributed by atoms with Gasteiger partial charge in [0.25, 0.3) is 0 Å². The Hall–Kier alpha value is -5.90. The molecule has 10 nitrogen and oxygen atoms in total. The van der Waals surface area contributed by atoms with Gasteiger partial charge in [-0.15, -0.1) is 0 Å². The van der Waals surface area contributed by atoms with Gasteiger partial charge in [0.2, 0.25) is 0 Å². The van der Waals surface area contributed by atoms with E-state index in [4.69, 9.17) is 9.47 Å². The van der Waals surface area contributed by atoms with Crippen LogP contribution < -0.4 is 9.47 Å². The van der Waals surface area contributed by atoms with Crippen LogP contribution >= 0.6 is 0 Å². The molecule has 4 aromatic carbocycles. The van der Waals surface area contributed by atoms with E-state index in [2.05, 4.69) is 9.47 Å². The van der Waals surface area contributed by atoms with Crippen molar-refractivity contribution in [3.8, 4) is 11.5 Å². The number of rotatable bonds is 6. The highest BCUT2D eigenvalue weighted by Crippen LogP contribution is 2.27. The van der Waals surface area contributed by atoms with Crippen LogP contribution in [0.4, 0.5) is 0 Å². The van der Waals surface area contributed by atoms with Gasteiger partial charge in [-0.25, -0.2) is 28.8 Å². The maximum Gasteiger partial charge on any atom is 0.347 e. The molecule has 10 heteroatoms. The minimum absolute atomic E-state index is 0.0439. The molecule has 2 aliphatic rings. The summed E-state index contributed by atoms with van der Waals surface area (Å²) in [6.45, 7) is 0. The second-order valence-electron chi connectivity index (χ2n) is 9.12. The van der Waals surface area contributed by atoms with Crippen LogP contribution in [0.3, 0.4) is 0 Å². The number of carbonyl (C=O) groups is 6. The van der Waals surface area contributed by atoms with Crippen molar-refractivity contribution < 1.29 is 47.7 Å². The number of hydrogen-bond donors (Lipinski definition) is 0. The summed E-state index contributed by atoms with van der Waals surface area (Å²) >= 11 is 0. The van der Waals surface area contributed by atoms with Gasteiger partial charge in [0, 0.05) is 0 Å². The van der Waals surface area contributed by atoms with Gasteiger partial charge >= 0.3 is 35.8 Å². The number of esters is 6. The van der Waals surface area contributed by atoms with E-state index in [1.54, 1.807) is 48.5 Å². The van der Waals surface area contributed by atoms with Crippen LogP contribution in [-0.2, 0) is 15.9 Å². The zero-order valence-electron chi connectivity index (χ0n) is 20.9. The predicted octanol–water partition coefficient (Wildman–Crippen LogP) is 4.34. The Bertz CT molecular complexity index is 1670. The van der Waals surface area contributed by atoms with Crippen LogP contribution in [0, 0.1) is 0 Å². The molecule has 2 aliphatic heterocycles. The first-order chi connectivity index (χ1) is 19.7. The van der Waals surface area contributed by atoms with Crippen LogP contribution in [0.5, 0.6) is 11.5 Å². The standard InChI is InChI=1S/C31H16O10/c32-26(38-20-9-11-22-24(14-20)30(36)40-28(22)34)18-5-1-16(2-6-18)13-17-3-7-19(8-4-17)27(33)39-21-10-12-23-25(15-21)31(37)41-29(23)35/h1-12,14-15H,13H2. The normalized spacial score (nSPS) is 13.3. The lowest BCUT2D eigenvalue weighted by Crippen LogP contribution is -2.09. The third kappa shape index (κ3) is 4.97. The average molecular weight is 548 g/mol. The lowest BCUT2D eigenvalue weighted by atomic mass is 10.0. The Labute approximate surface area is 231 Å². The molecule has 0 amide bonds. The van der Waals surface area contributed by atoms with Crippen molar-refractivity contribution in [2.75, 3.05) is 0 Å². The zero-order chi connectivity index (χ0) is 28.7. The van der Waals surface area contributed by atoms with Gasteiger partial charge in [-0.2, -0.15) is 0 Å². The van der Waals surface area contributed by atoms with E-state index < -0.39 is 35.8 Å². The molecule has 0 saturated heterocycles. The number of hydrogen-bond acceptors (Lipinski definition) is 10. The summed E-state index contributed by atoms with van der Waals surface area (Å²) < 4.78 is 19.7. The second kappa shape index (κ2) is 10.0. The molecule has 0 aliphatic carbocycles. The minimum Gasteiger partial charge on any atom is -0.423 e. The van der Waals surface area contributed by atoms with E-state index >= 15 is 0 Å². The number of fused-ring (bicyclic) bond motifs is 2. The summed E-state index contributed by atoms with van der Waals surface area (Å²) in [4.78, 5) is 71.7. The van der Waals surface area contributed by atoms with E-state index in [-0.39, 0.29) is 44.9 Å². The van der Waals surface area contributed by atoms with Crippen molar-refractivity contribution in [1.29, 1.82) is 0 Å². The van der Waals surface area contributed by atoms with E-state index in [9.17, 15) is 28.8 Å². The first-order valence-corrected chi connectivity index (χ1v) is 12.2. The maximum absolute atomic E-state index is 12.6. The predicted molar refractivity (Wildman–Crippen MR) is 138 cm³/mol. The molecule has 4 aromatic rings. The first kappa shape index (κ1) is 25.4. The van der Waals surface area contributed by atoms with Crippen LogP contribution in [0.1, 0.15) is 73.3 Å². The summed E-state index contributed by atoms with van der Waals surface area (Å²) in [7, 11) is 0. The van der Waals surface area contributed by atoms with Gasteiger partial charge in [0.15, 0.2) is 0 Å². The van der Waals surface area contributed by atoms with Crippen LogP contribution in [0.15, 0.2) is 84.9 Å². The molecule has 0 bridgehead atoms. The van der Waals surface area contributed by atoms with Crippen LogP contribution in [-0.4, -0.2) is 35.8 Å². The Morgan fingerprint density at radius 2 is 0.854 bits per heavy atom. The van der Waals surface area contributed by atoms with Crippen molar-refractivity contribution in [3.63, 3.8) is 0 Å². The van der Waals surface area contributed by atoms with Gasteiger partial charge in [-0.1, -0.05) is 24.3 Å². The number of carbonyl (C=O) groups excluding carboxylic acids is 6. The molecule has 200 valence electrons. The van der Waals surface area contributed by atoms with E-state index in [0.29, 0.717) is 6.42 Å². The topological polar surface area (TPSA) is 139 Å². The highest BCUT2D eigenvalue weighted by molar-refractivity contribution is 6.15. The van der Waals surface area contributed by atoms with Crippen molar-refractivity contribution >= 4 is 35.8 Å². The Balaban J connectivity index is 1.06. The SMILES string of the molecule is O=C(Oc1ccc2c(c1)C(=O)OC2=O)c1ccc(Cc2ccc(C(=O)Oc3ccc4c(c3)C(=O)OC4=O)cc2)cc1. The molecule has 41 heavy (non-hydrogen) atoms. The maximum atomic E-state index is 12.6. The number of ether oxygens (including phenoxy) is 4. The zero-order valence-corrected chi connectivity index (χ0v) is 20.9. The molecule has 0 aromatic heterocycles. The third-order valence-corrected chi connectivity index (χ3v) is 6.44. The molecular formula is C31H16O10. The molecule has 0 N–H and O–H groups in total. The Kier molecular flexibility index (Phi) is 6.20. The fourth-order valence-electron chi connectivity index (χ4n) is 4.34. The molecule has 0 fully saturated rings. The van der Waals surface area contributed by atoms with Crippen molar-refractivity contribution in [2.45, 2.75) is 6.42 Å². The van der Waals surface area contributed by atoms with Crippen molar-refractivity contribution in [2.24, 2.45) is 0 Å². The first-order valence-electron chi connectivity index (χ1n) is 12.2. The van der Waals surface area contributed by atoms with Crippen LogP contribution in [0.25, 0.3) is 0 Å². The van der Waals surface area contributed by atoms with E-state index in [1.165, 1.54) is 36.4 Å². The number of benzene rings is 4. The van der Waals surface area contributed by atoms with Gasteiger partial charge in [-0.3, -0.25) is 0 Å². The van der Waals surface area contributed by atoms with Crippen molar-refractivity contribution in [1.82, 2.24) is 0 Å². The lowest BCUT2D eigenvalue weighted by molar-refractivity contribution is 0.0425. The van der Waals surface area contributed by atoms with Gasteiger partial charge in [-0.05, 0) is 78.2 Å². The summed E-state index contributed by atoms with van der Waals surface area (Å²) in [5, 5.41) is 0. The quantitative estimate of drug-likeness (QED) is 0.194. The summed E-state index contributed by atoms with van der Waals surface area (Å²) in [5.41, 5.74) is 2.70. The highest BCUT2D eigenvalue weighted by Gasteiger charge is 2.31. The smallest absolute Gasteiger partial charge is 0.347 e. The Morgan fingerprint density at radius 1 is 0.488 bits per heavy atom. The summed E-state index contributed by atoms with van der Waals surface area (Å²) in [5.74, 6) is -4.11. The van der Waals surface area contributed by atoms with Gasteiger partial charge < -0.3 is 18.9 Å². The molecule has 0 radical (unpaired) electrons. The van der Waals surface area contributed by atoms with Gasteiger partial charge in [0.1, 0.15) is 11.5 Å². The van der Waals surface area contributed by atoms with E-state index in [0.717, 1.165) is 11.1 Å².